The minimum Gasteiger partial charge on any atom is -0.480 e. The number of hydrogen-bond donors (Lipinski definition) is 4. The number of nitrogens with two attached hydrogens (primary N) is 1. The zero-order valence-corrected chi connectivity index (χ0v) is 11.6. The Morgan fingerprint density at radius 1 is 1.21 bits per heavy atom. The molecule has 3 amide bonds. The van der Waals surface area contributed by atoms with Gasteiger partial charge in [0.2, 0.25) is 5.91 Å². The lowest BCUT2D eigenvalue weighted by Gasteiger charge is -2.14. The number of rotatable bonds is 5. The van der Waals surface area contributed by atoms with Crippen LogP contribution in [0.4, 0.5) is 4.79 Å². The first-order valence-corrected chi connectivity index (χ1v) is 6.08. The minimum atomic E-state index is -1.30. The molecule has 0 bridgehead atoms. The smallest absolute Gasteiger partial charge is 0.326 e. The summed E-state index contributed by atoms with van der Waals surface area (Å²) < 4.78 is 0. The molecule has 0 aromatic rings. The number of carboxylic acid groups (broad SMARTS) is 1. The second-order valence-corrected chi connectivity index (χ2v) is 6.06. The fourth-order valence-corrected chi connectivity index (χ4v) is 2.29. The molecular formula is C12H21N3O4. The Hall–Kier alpha value is -1.79. The van der Waals surface area contributed by atoms with Crippen LogP contribution in [0.3, 0.4) is 0 Å². The average Bonchev–Trinajstić information content (AvgIpc) is 2.59. The van der Waals surface area contributed by atoms with Gasteiger partial charge < -0.3 is 21.5 Å². The lowest BCUT2D eigenvalue weighted by atomic mass is 10.0. The summed E-state index contributed by atoms with van der Waals surface area (Å²) >= 11 is 0. The van der Waals surface area contributed by atoms with E-state index in [0.717, 1.165) is 0 Å². The Morgan fingerprint density at radius 2 is 1.68 bits per heavy atom. The Kier molecular flexibility index (Phi) is 3.79. The fraction of sp³-hybridized carbons (Fsp3) is 0.750. The highest BCUT2D eigenvalue weighted by atomic mass is 16.4. The van der Waals surface area contributed by atoms with Crippen molar-refractivity contribution in [1.82, 2.24) is 10.6 Å². The van der Waals surface area contributed by atoms with E-state index >= 15 is 0 Å². The molecule has 7 nitrogen and oxygen atoms in total. The zero-order chi connectivity index (χ0) is 15.0. The van der Waals surface area contributed by atoms with Crippen molar-refractivity contribution < 1.29 is 19.5 Å². The number of carbonyl (C=O) groups is 3. The summed E-state index contributed by atoms with van der Waals surface area (Å²) in [6, 6.07) is -1.94. The first kappa shape index (κ1) is 15.3. The Morgan fingerprint density at radius 3 is 2.00 bits per heavy atom. The highest BCUT2D eigenvalue weighted by Gasteiger charge is 2.65. The number of aliphatic carboxylic acids is 1. The summed E-state index contributed by atoms with van der Waals surface area (Å²) in [6.07, 6.45) is -0.430. The van der Waals surface area contributed by atoms with Crippen molar-refractivity contribution in [2.24, 2.45) is 16.6 Å². The summed E-state index contributed by atoms with van der Waals surface area (Å²) in [6.45, 7) is 8.10. The SMILES string of the molecule is CC1(C)C(NC(=O)N[C@@H](CC(N)=O)C(=O)O)C1(C)C. The number of urea groups is 1. The van der Waals surface area contributed by atoms with E-state index in [1.807, 2.05) is 27.7 Å². The summed E-state index contributed by atoms with van der Waals surface area (Å²) in [5.74, 6) is -2.07. The molecule has 0 spiro atoms. The maximum Gasteiger partial charge on any atom is 0.326 e. The number of amides is 3. The minimum absolute atomic E-state index is 0.0389. The maximum absolute atomic E-state index is 11.7. The van der Waals surface area contributed by atoms with Crippen LogP contribution in [0, 0.1) is 10.8 Å². The number of nitrogens with one attached hydrogen (secondary N) is 2. The predicted octanol–water partition coefficient (Wildman–Crippen LogP) is 0.0488. The van der Waals surface area contributed by atoms with Gasteiger partial charge in [0.25, 0.3) is 0 Å². The molecule has 0 aromatic heterocycles. The molecule has 5 N–H and O–H groups in total. The van der Waals surface area contributed by atoms with Gasteiger partial charge in [0, 0.05) is 6.04 Å². The van der Waals surface area contributed by atoms with Gasteiger partial charge in [-0.3, -0.25) is 4.79 Å². The molecular weight excluding hydrogens is 250 g/mol. The molecule has 19 heavy (non-hydrogen) atoms. The third-order valence-corrected chi connectivity index (χ3v) is 4.30. The lowest BCUT2D eigenvalue weighted by Crippen LogP contribution is -2.49. The largest absolute Gasteiger partial charge is 0.480 e. The summed E-state index contributed by atoms with van der Waals surface area (Å²) in [5, 5.41) is 13.8. The van der Waals surface area contributed by atoms with Gasteiger partial charge in [-0.2, -0.15) is 0 Å². The molecule has 1 atom stereocenters. The molecule has 108 valence electrons. The van der Waals surface area contributed by atoms with Crippen LogP contribution in [-0.2, 0) is 9.59 Å². The predicted molar refractivity (Wildman–Crippen MR) is 68.3 cm³/mol. The van der Waals surface area contributed by atoms with E-state index in [-0.39, 0.29) is 16.9 Å². The molecule has 0 saturated heterocycles. The number of carboxylic acids is 1. The lowest BCUT2D eigenvalue weighted by molar-refractivity contribution is -0.140. The van der Waals surface area contributed by atoms with Crippen molar-refractivity contribution in [2.45, 2.75) is 46.2 Å². The molecule has 1 saturated carbocycles. The van der Waals surface area contributed by atoms with Crippen LogP contribution in [0.2, 0.25) is 0 Å². The molecule has 1 aliphatic rings. The quantitative estimate of drug-likeness (QED) is 0.564. The van der Waals surface area contributed by atoms with Gasteiger partial charge in [-0.05, 0) is 10.8 Å². The molecule has 7 heteroatoms. The Bertz CT molecular complexity index is 403. The number of primary amides is 1. The third-order valence-electron chi connectivity index (χ3n) is 4.30. The highest BCUT2D eigenvalue weighted by molar-refractivity contribution is 5.87. The molecule has 0 heterocycles. The van der Waals surface area contributed by atoms with Gasteiger partial charge in [0.05, 0.1) is 6.42 Å². The standard InChI is InChI=1S/C12H21N3O4/c1-11(2)9(12(11,3)4)15-10(19)14-6(8(17)18)5-7(13)16/h6,9H,5H2,1-4H3,(H2,13,16)(H,17,18)(H2,14,15,19)/t6-/m0/s1. The van der Waals surface area contributed by atoms with Gasteiger partial charge in [-0.1, -0.05) is 27.7 Å². The van der Waals surface area contributed by atoms with E-state index in [1.165, 1.54) is 0 Å². The average molecular weight is 271 g/mol. The van der Waals surface area contributed by atoms with Crippen LogP contribution >= 0.6 is 0 Å². The normalized spacial score (nSPS) is 21.3. The van der Waals surface area contributed by atoms with Crippen molar-refractivity contribution in [3.63, 3.8) is 0 Å². The van der Waals surface area contributed by atoms with E-state index in [9.17, 15) is 14.4 Å². The third kappa shape index (κ3) is 2.97. The van der Waals surface area contributed by atoms with Crippen molar-refractivity contribution in [1.29, 1.82) is 0 Å². The van der Waals surface area contributed by atoms with Crippen LogP contribution < -0.4 is 16.4 Å². The first-order valence-electron chi connectivity index (χ1n) is 6.08. The summed E-state index contributed by atoms with van der Waals surface area (Å²) in [4.78, 5) is 33.3. The molecule has 1 rings (SSSR count). The van der Waals surface area contributed by atoms with E-state index in [2.05, 4.69) is 10.6 Å². The zero-order valence-electron chi connectivity index (χ0n) is 11.6. The molecule has 0 aromatic carbocycles. The van der Waals surface area contributed by atoms with Crippen LogP contribution in [0.15, 0.2) is 0 Å². The Balaban J connectivity index is 2.56. The van der Waals surface area contributed by atoms with E-state index in [4.69, 9.17) is 10.8 Å². The summed E-state index contributed by atoms with van der Waals surface area (Å²) in [7, 11) is 0. The molecule has 0 aliphatic heterocycles. The second kappa shape index (κ2) is 4.71. The molecule has 1 fully saturated rings. The van der Waals surface area contributed by atoms with Gasteiger partial charge in [-0.25, -0.2) is 9.59 Å². The fourth-order valence-electron chi connectivity index (χ4n) is 2.29. The van der Waals surface area contributed by atoms with Crippen molar-refractivity contribution >= 4 is 17.9 Å². The van der Waals surface area contributed by atoms with Crippen LogP contribution in [-0.4, -0.2) is 35.1 Å². The molecule has 1 aliphatic carbocycles. The van der Waals surface area contributed by atoms with E-state index < -0.39 is 30.4 Å². The monoisotopic (exact) mass is 271 g/mol. The van der Waals surface area contributed by atoms with Crippen molar-refractivity contribution in [3.8, 4) is 0 Å². The van der Waals surface area contributed by atoms with E-state index in [0.29, 0.717) is 0 Å². The maximum atomic E-state index is 11.7. The van der Waals surface area contributed by atoms with Gasteiger partial charge >= 0.3 is 12.0 Å². The Labute approximate surface area is 111 Å². The van der Waals surface area contributed by atoms with Gasteiger partial charge in [0.1, 0.15) is 6.04 Å². The van der Waals surface area contributed by atoms with Crippen LogP contribution in [0.1, 0.15) is 34.1 Å². The van der Waals surface area contributed by atoms with Gasteiger partial charge in [-0.15, -0.1) is 0 Å². The van der Waals surface area contributed by atoms with Gasteiger partial charge in [0.15, 0.2) is 0 Å². The highest BCUT2D eigenvalue weighted by Crippen LogP contribution is 2.62. The van der Waals surface area contributed by atoms with Crippen molar-refractivity contribution in [2.75, 3.05) is 0 Å². The first-order chi connectivity index (χ1) is 8.50. The molecule has 0 unspecified atom stereocenters. The number of carbonyl (C=O) groups excluding carboxylic acids is 2. The molecule has 0 radical (unpaired) electrons. The van der Waals surface area contributed by atoms with E-state index in [1.54, 1.807) is 0 Å². The number of hydrogen-bond acceptors (Lipinski definition) is 3. The van der Waals surface area contributed by atoms with Crippen molar-refractivity contribution in [3.05, 3.63) is 0 Å². The van der Waals surface area contributed by atoms with Crippen LogP contribution in [0.5, 0.6) is 0 Å². The van der Waals surface area contributed by atoms with Crippen LogP contribution in [0.25, 0.3) is 0 Å². The second-order valence-electron chi connectivity index (χ2n) is 6.06. The summed E-state index contributed by atoms with van der Waals surface area (Å²) in [5.41, 5.74) is 4.83. The topological polar surface area (TPSA) is 122 Å².